The predicted molar refractivity (Wildman–Crippen MR) is 94.2 cm³/mol. The molecular formula is C19H31NO4. The first-order chi connectivity index (χ1) is 11.5. The Labute approximate surface area is 145 Å². The molecule has 0 aromatic heterocycles. The quantitative estimate of drug-likeness (QED) is 0.702. The molecule has 0 spiro atoms. The van der Waals surface area contributed by atoms with Crippen molar-refractivity contribution in [2.75, 3.05) is 33.5 Å². The van der Waals surface area contributed by atoms with Gasteiger partial charge in [-0.25, -0.2) is 0 Å². The summed E-state index contributed by atoms with van der Waals surface area (Å²) >= 11 is 0. The zero-order valence-corrected chi connectivity index (χ0v) is 15.3. The average Bonchev–Trinajstić information content (AvgIpc) is 2.99. The summed E-state index contributed by atoms with van der Waals surface area (Å²) in [5.74, 6) is 0.508. The Balaban J connectivity index is 2.19. The maximum Gasteiger partial charge on any atom is 0.195 e. The molecule has 1 aromatic carbocycles. The molecule has 0 saturated carbocycles. The predicted octanol–water partition coefficient (Wildman–Crippen LogP) is 2.85. The number of hydrogen-bond donors (Lipinski definition) is 1. The summed E-state index contributed by atoms with van der Waals surface area (Å²) in [5, 5.41) is 0. The van der Waals surface area contributed by atoms with Gasteiger partial charge in [0, 0.05) is 26.2 Å². The SMILES string of the molecule is COCCCOc1cc(CC(N)C(C)C)ccc1C1(C)OCCO1. The molecule has 24 heavy (non-hydrogen) atoms. The first-order valence-corrected chi connectivity index (χ1v) is 8.75. The van der Waals surface area contributed by atoms with Gasteiger partial charge in [0.05, 0.1) is 25.4 Å². The molecule has 1 fully saturated rings. The first-order valence-electron chi connectivity index (χ1n) is 8.75. The highest BCUT2D eigenvalue weighted by molar-refractivity contribution is 5.41. The van der Waals surface area contributed by atoms with Gasteiger partial charge in [-0.15, -0.1) is 0 Å². The molecule has 1 aliphatic heterocycles. The van der Waals surface area contributed by atoms with Crippen LogP contribution in [0.25, 0.3) is 0 Å². The molecule has 1 unspecified atom stereocenters. The lowest BCUT2D eigenvalue weighted by molar-refractivity contribution is -0.150. The third-order valence-corrected chi connectivity index (χ3v) is 4.45. The van der Waals surface area contributed by atoms with E-state index < -0.39 is 5.79 Å². The summed E-state index contributed by atoms with van der Waals surface area (Å²) in [6.07, 6.45) is 1.66. The Morgan fingerprint density at radius 2 is 1.92 bits per heavy atom. The van der Waals surface area contributed by atoms with E-state index in [0.29, 0.717) is 32.3 Å². The Morgan fingerprint density at radius 3 is 2.54 bits per heavy atom. The van der Waals surface area contributed by atoms with E-state index in [-0.39, 0.29) is 6.04 Å². The third kappa shape index (κ3) is 4.93. The van der Waals surface area contributed by atoms with Crippen molar-refractivity contribution in [1.29, 1.82) is 0 Å². The fourth-order valence-electron chi connectivity index (χ4n) is 2.75. The van der Waals surface area contributed by atoms with Crippen LogP contribution < -0.4 is 10.5 Å². The van der Waals surface area contributed by atoms with Gasteiger partial charge < -0.3 is 24.7 Å². The van der Waals surface area contributed by atoms with Crippen LogP contribution >= 0.6 is 0 Å². The Bertz CT molecular complexity index is 512. The highest BCUT2D eigenvalue weighted by Crippen LogP contribution is 2.37. The van der Waals surface area contributed by atoms with Crippen molar-refractivity contribution >= 4 is 0 Å². The molecule has 0 amide bonds. The second kappa shape index (κ2) is 8.81. The van der Waals surface area contributed by atoms with E-state index in [9.17, 15) is 0 Å². The molecule has 5 heteroatoms. The maximum atomic E-state index is 6.22. The maximum absolute atomic E-state index is 6.22. The van der Waals surface area contributed by atoms with Gasteiger partial charge in [0.15, 0.2) is 5.79 Å². The van der Waals surface area contributed by atoms with E-state index in [1.807, 2.05) is 13.0 Å². The van der Waals surface area contributed by atoms with Crippen LogP contribution in [0, 0.1) is 5.92 Å². The van der Waals surface area contributed by atoms with Crippen molar-refractivity contribution in [2.45, 2.75) is 45.4 Å². The first kappa shape index (κ1) is 19.2. The van der Waals surface area contributed by atoms with Gasteiger partial charge in [-0.1, -0.05) is 19.9 Å². The lowest BCUT2D eigenvalue weighted by Gasteiger charge is -2.26. The van der Waals surface area contributed by atoms with E-state index >= 15 is 0 Å². The molecule has 1 atom stereocenters. The van der Waals surface area contributed by atoms with Gasteiger partial charge >= 0.3 is 0 Å². The largest absolute Gasteiger partial charge is 0.493 e. The van der Waals surface area contributed by atoms with Crippen LogP contribution in [0.2, 0.25) is 0 Å². The Kier molecular flexibility index (Phi) is 7.04. The van der Waals surface area contributed by atoms with E-state index in [1.54, 1.807) is 7.11 Å². The van der Waals surface area contributed by atoms with Crippen LogP contribution in [0.1, 0.15) is 38.3 Å². The second-order valence-corrected chi connectivity index (χ2v) is 6.78. The van der Waals surface area contributed by atoms with E-state index in [0.717, 1.165) is 24.2 Å². The van der Waals surface area contributed by atoms with Crippen molar-refractivity contribution < 1.29 is 18.9 Å². The van der Waals surface area contributed by atoms with E-state index in [2.05, 4.69) is 26.0 Å². The summed E-state index contributed by atoms with van der Waals surface area (Å²) in [5.41, 5.74) is 8.32. The summed E-state index contributed by atoms with van der Waals surface area (Å²) in [4.78, 5) is 0. The number of methoxy groups -OCH3 is 1. The molecule has 136 valence electrons. The zero-order chi connectivity index (χ0) is 17.6. The second-order valence-electron chi connectivity index (χ2n) is 6.78. The zero-order valence-electron chi connectivity index (χ0n) is 15.3. The minimum Gasteiger partial charge on any atom is -0.493 e. The average molecular weight is 337 g/mol. The summed E-state index contributed by atoms with van der Waals surface area (Å²) in [7, 11) is 1.70. The molecule has 2 N–H and O–H groups in total. The molecule has 1 heterocycles. The summed E-state index contributed by atoms with van der Waals surface area (Å²) < 4.78 is 22.7. The van der Waals surface area contributed by atoms with Gasteiger partial charge in [-0.05, 0) is 37.0 Å². The van der Waals surface area contributed by atoms with Gasteiger partial charge in [-0.2, -0.15) is 0 Å². The number of rotatable bonds is 9. The number of hydrogen-bond acceptors (Lipinski definition) is 5. The highest BCUT2D eigenvalue weighted by atomic mass is 16.7. The summed E-state index contributed by atoms with van der Waals surface area (Å²) in [6.45, 7) is 8.69. The van der Waals surface area contributed by atoms with Gasteiger partial charge in [0.1, 0.15) is 5.75 Å². The standard InChI is InChI=1S/C19H31NO4/c1-14(2)17(20)12-15-6-7-16(19(3)23-10-11-24-19)18(13-15)22-9-5-8-21-4/h6-7,13-14,17H,5,8-12,20H2,1-4H3. The number of nitrogens with two attached hydrogens (primary N) is 1. The van der Waals surface area contributed by atoms with Crippen LogP contribution in [0.3, 0.4) is 0 Å². The fraction of sp³-hybridized carbons (Fsp3) is 0.684. The molecule has 0 aliphatic carbocycles. The highest BCUT2D eigenvalue weighted by Gasteiger charge is 2.36. The van der Waals surface area contributed by atoms with Crippen molar-refractivity contribution in [3.63, 3.8) is 0 Å². The lowest BCUT2D eigenvalue weighted by Crippen LogP contribution is -2.29. The van der Waals surface area contributed by atoms with Crippen LogP contribution in [-0.2, 0) is 26.4 Å². The minimum atomic E-state index is -0.741. The Morgan fingerprint density at radius 1 is 1.21 bits per heavy atom. The topological polar surface area (TPSA) is 62.9 Å². The molecule has 1 aromatic rings. The van der Waals surface area contributed by atoms with Crippen molar-refractivity contribution in [1.82, 2.24) is 0 Å². The van der Waals surface area contributed by atoms with Gasteiger partial charge in [-0.3, -0.25) is 0 Å². The Hall–Kier alpha value is -1.14. The minimum absolute atomic E-state index is 0.131. The molecular weight excluding hydrogens is 306 g/mol. The third-order valence-electron chi connectivity index (χ3n) is 4.45. The normalized spacial score (nSPS) is 18.1. The molecule has 1 aliphatic rings. The number of benzene rings is 1. The molecule has 5 nitrogen and oxygen atoms in total. The lowest BCUT2D eigenvalue weighted by atomic mass is 9.95. The van der Waals surface area contributed by atoms with Crippen molar-refractivity contribution in [3.05, 3.63) is 29.3 Å². The smallest absolute Gasteiger partial charge is 0.195 e. The summed E-state index contributed by atoms with van der Waals surface area (Å²) in [6, 6.07) is 6.34. The van der Waals surface area contributed by atoms with Crippen molar-refractivity contribution in [2.24, 2.45) is 11.7 Å². The van der Waals surface area contributed by atoms with Crippen LogP contribution in [0.4, 0.5) is 0 Å². The van der Waals surface area contributed by atoms with Gasteiger partial charge in [0.25, 0.3) is 0 Å². The van der Waals surface area contributed by atoms with Gasteiger partial charge in [0.2, 0.25) is 0 Å². The van der Waals surface area contributed by atoms with E-state index in [1.165, 1.54) is 5.56 Å². The van der Waals surface area contributed by atoms with Crippen molar-refractivity contribution in [3.8, 4) is 5.75 Å². The molecule has 2 rings (SSSR count). The van der Waals surface area contributed by atoms with Crippen LogP contribution in [-0.4, -0.2) is 39.6 Å². The molecule has 0 bridgehead atoms. The monoisotopic (exact) mass is 337 g/mol. The molecule has 0 radical (unpaired) electrons. The number of ether oxygens (including phenoxy) is 4. The van der Waals surface area contributed by atoms with Crippen LogP contribution in [0.5, 0.6) is 5.75 Å². The van der Waals surface area contributed by atoms with E-state index in [4.69, 9.17) is 24.7 Å². The fourth-order valence-corrected chi connectivity index (χ4v) is 2.75. The van der Waals surface area contributed by atoms with Crippen LogP contribution in [0.15, 0.2) is 18.2 Å². The molecule has 1 saturated heterocycles.